The van der Waals surface area contributed by atoms with Gasteiger partial charge in [-0.2, -0.15) is 0 Å². The summed E-state index contributed by atoms with van der Waals surface area (Å²) in [5, 5.41) is 4.70. The minimum Gasteiger partial charge on any atom is -0.359 e. The van der Waals surface area contributed by atoms with Crippen molar-refractivity contribution in [2.75, 3.05) is 5.75 Å². The first-order valence-electron chi connectivity index (χ1n) is 6.50. The molecule has 3 atom stereocenters. The molecule has 16 heavy (non-hydrogen) atoms. The van der Waals surface area contributed by atoms with Crippen LogP contribution in [0.5, 0.6) is 0 Å². The second kappa shape index (κ2) is 4.59. The molecule has 2 aliphatic rings. The molecule has 0 aromatic heterocycles. The largest absolute Gasteiger partial charge is 0.359 e. The van der Waals surface area contributed by atoms with Gasteiger partial charge in [0.1, 0.15) is 0 Å². The molecule has 2 nitrogen and oxygen atoms in total. The summed E-state index contributed by atoms with van der Waals surface area (Å²) >= 11 is 1.89. The second-order valence-electron chi connectivity index (χ2n) is 5.90. The molecule has 0 spiro atoms. The van der Waals surface area contributed by atoms with E-state index in [0.717, 1.165) is 17.6 Å². The summed E-state index contributed by atoms with van der Waals surface area (Å²) in [6.07, 6.45) is 3.97. The van der Waals surface area contributed by atoms with E-state index in [-0.39, 0.29) is 5.54 Å². The molecule has 1 aliphatic carbocycles. The molecule has 1 saturated heterocycles. The fourth-order valence-corrected chi connectivity index (χ4v) is 3.94. The number of hydrogen-bond acceptors (Lipinski definition) is 2. The zero-order chi connectivity index (χ0) is 11.8. The summed E-state index contributed by atoms with van der Waals surface area (Å²) in [6, 6.07) is 0.564. The highest BCUT2D eigenvalue weighted by molar-refractivity contribution is 8.14. The van der Waals surface area contributed by atoms with Gasteiger partial charge < -0.3 is 5.32 Å². The predicted molar refractivity (Wildman–Crippen MR) is 73.1 cm³/mol. The van der Waals surface area contributed by atoms with Crippen LogP contribution in [-0.2, 0) is 0 Å². The number of rotatable bonds is 2. The van der Waals surface area contributed by atoms with E-state index >= 15 is 0 Å². The van der Waals surface area contributed by atoms with E-state index < -0.39 is 0 Å². The minimum atomic E-state index is 0.232. The van der Waals surface area contributed by atoms with Gasteiger partial charge in [-0.25, -0.2) is 0 Å². The van der Waals surface area contributed by atoms with E-state index in [9.17, 15) is 0 Å². The monoisotopic (exact) mass is 240 g/mol. The van der Waals surface area contributed by atoms with Gasteiger partial charge in [-0.15, -0.1) is 0 Å². The topological polar surface area (TPSA) is 24.4 Å². The highest BCUT2D eigenvalue weighted by atomic mass is 32.2. The van der Waals surface area contributed by atoms with Crippen LogP contribution < -0.4 is 5.32 Å². The molecule has 1 heterocycles. The summed E-state index contributed by atoms with van der Waals surface area (Å²) in [5.74, 6) is 2.81. The van der Waals surface area contributed by atoms with E-state index in [1.165, 1.54) is 24.4 Å². The summed E-state index contributed by atoms with van der Waals surface area (Å²) in [4.78, 5) is 4.92. The Morgan fingerprint density at radius 1 is 1.44 bits per heavy atom. The molecule has 3 heteroatoms. The zero-order valence-electron chi connectivity index (χ0n) is 10.9. The highest BCUT2D eigenvalue weighted by Crippen LogP contribution is 2.36. The van der Waals surface area contributed by atoms with Crippen LogP contribution in [0.3, 0.4) is 0 Å². The quantitative estimate of drug-likeness (QED) is 0.801. The normalized spacial score (nSPS) is 40.2. The first kappa shape index (κ1) is 12.3. The van der Waals surface area contributed by atoms with E-state index in [0.29, 0.717) is 6.04 Å². The summed E-state index contributed by atoms with van der Waals surface area (Å²) < 4.78 is 0. The number of thioether (sulfide) groups is 1. The molecule has 3 unspecified atom stereocenters. The van der Waals surface area contributed by atoms with Gasteiger partial charge in [-0.3, -0.25) is 4.99 Å². The molecule has 0 radical (unpaired) electrons. The Balaban J connectivity index is 1.98. The van der Waals surface area contributed by atoms with E-state index in [1.54, 1.807) is 0 Å². The molecule has 2 fully saturated rings. The van der Waals surface area contributed by atoms with Crippen molar-refractivity contribution in [3.8, 4) is 0 Å². The summed E-state index contributed by atoms with van der Waals surface area (Å²) in [5.41, 5.74) is 0.232. The fourth-order valence-electron chi connectivity index (χ4n) is 2.81. The third kappa shape index (κ3) is 2.55. The van der Waals surface area contributed by atoms with E-state index in [2.05, 4.69) is 33.0 Å². The first-order valence-corrected chi connectivity index (χ1v) is 7.49. The average Bonchev–Trinajstić information content (AvgIpc) is 2.72. The van der Waals surface area contributed by atoms with Gasteiger partial charge >= 0.3 is 0 Å². The van der Waals surface area contributed by atoms with Crippen LogP contribution in [0.2, 0.25) is 0 Å². The van der Waals surface area contributed by atoms with Gasteiger partial charge in [0.05, 0.1) is 6.04 Å². The third-order valence-electron chi connectivity index (χ3n) is 4.01. The number of nitrogens with zero attached hydrogens (tertiary/aromatic N) is 1. The number of aliphatic imine (C=N–C) groups is 1. The van der Waals surface area contributed by atoms with Crippen LogP contribution in [0.4, 0.5) is 0 Å². The van der Waals surface area contributed by atoms with Crippen molar-refractivity contribution in [1.82, 2.24) is 5.32 Å². The molecule has 2 rings (SSSR count). The van der Waals surface area contributed by atoms with Crippen molar-refractivity contribution >= 4 is 16.9 Å². The SMILES string of the molecule is CCC1CCC(N=C2NC(C)(C)CS2)C1C. The number of amidine groups is 1. The maximum absolute atomic E-state index is 4.92. The lowest BCUT2D eigenvalue weighted by Gasteiger charge is -2.18. The molecule has 0 bridgehead atoms. The molecular formula is C13H24N2S. The van der Waals surface area contributed by atoms with Crippen molar-refractivity contribution in [2.24, 2.45) is 16.8 Å². The van der Waals surface area contributed by atoms with Gasteiger partial charge in [-0.05, 0) is 38.5 Å². The second-order valence-corrected chi connectivity index (χ2v) is 6.87. The maximum Gasteiger partial charge on any atom is 0.157 e. The Kier molecular flexibility index (Phi) is 3.53. The molecule has 0 amide bonds. The zero-order valence-corrected chi connectivity index (χ0v) is 11.7. The lowest BCUT2D eigenvalue weighted by atomic mass is 9.94. The molecule has 0 aromatic carbocycles. The highest BCUT2D eigenvalue weighted by Gasteiger charge is 2.33. The molecular weight excluding hydrogens is 216 g/mol. The summed E-state index contributed by atoms with van der Waals surface area (Å²) in [6.45, 7) is 9.17. The maximum atomic E-state index is 4.92. The summed E-state index contributed by atoms with van der Waals surface area (Å²) in [7, 11) is 0. The Hall–Kier alpha value is -0.180. The van der Waals surface area contributed by atoms with E-state index in [1.807, 2.05) is 11.8 Å². The van der Waals surface area contributed by atoms with Crippen LogP contribution in [0.15, 0.2) is 4.99 Å². The third-order valence-corrected chi connectivity index (χ3v) is 5.35. The van der Waals surface area contributed by atoms with Crippen LogP contribution in [-0.4, -0.2) is 22.5 Å². The van der Waals surface area contributed by atoms with Crippen LogP contribution >= 0.6 is 11.8 Å². The fraction of sp³-hybridized carbons (Fsp3) is 0.923. The lowest BCUT2D eigenvalue weighted by molar-refractivity contribution is 0.383. The molecule has 1 N–H and O–H groups in total. The van der Waals surface area contributed by atoms with Crippen molar-refractivity contribution in [3.05, 3.63) is 0 Å². The van der Waals surface area contributed by atoms with Gasteiger partial charge in [0.25, 0.3) is 0 Å². The standard InChI is InChI=1S/C13H24N2S/c1-5-10-6-7-11(9(10)2)14-12-15-13(3,4)8-16-12/h9-11H,5-8H2,1-4H3,(H,14,15). The van der Waals surface area contributed by atoms with Crippen LogP contribution in [0.25, 0.3) is 0 Å². The average molecular weight is 240 g/mol. The Morgan fingerprint density at radius 2 is 2.19 bits per heavy atom. The van der Waals surface area contributed by atoms with Gasteiger partial charge in [-0.1, -0.05) is 32.0 Å². The smallest absolute Gasteiger partial charge is 0.157 e. The molecule has 92 valence electrons. The molecule has 1 saturated carbocycles. The van der Waals surface area contributed by atoms with Crippen LogP contribution in [0, 0.1) is 11.8 Å². The van der Waals surface area contributed by atoms with Gasteiger partial charge in [0.2, 0.25) is 0 Å². The van der Waals surface area contributed by atoms with E-state index in [4.69, 9.17) is 4.99 Å². The Bertz CT molecular complexity index is 286. The Morgan fingerprint density at radius 3 is 2.69 bits per heavy atom. The number of hydrogen-bond donors (Lipinski definition) is 1. The van der Waals surface area contributed by atoms with Gasteiger partial charge in [0, 0.05) is 11.3 Å². The molecule has 0 aromatic rings. The van der Waals surface area contributed by atoms with Crippen molar-refractivity contribution in [2.45, 2.75) is 58.5 Å². The number of nitrogens with one attached hydrogen (secondary N) is 1. The first-order chi connectivity index (χ1) is 7.52. The van der Waals surface area contributed by atoms with Crippen molar-refractivity contribution in [1.29, 1.82) is 0 Å². The predicted octanol–water partition coefficient (Wildman–Crippen LogP) is 3.28. The molecule has 1 aliphatic heterocycles. The Labute approximate surface area is 104 Å². The minimum absolute atomic E-state index is 0.232. The lowest BCUT2D eigenvalue weighted by Crippen LogP contribution is -2.37. The van der Waals surface area contributed by atoms with Crippen molar-refractivity contribution < 1.29 is 0 Å². The van der Waals surface area contributed by atoms with Gasteiger partial charge in [0.15, 0.2) is 5.17 Å². The van der Waals surface area contributed by atoms with Crippen LogP contribution in [0.1, 0.15) is 47.0 Å². The van der Waals surface area contributed by atoms with Crippen molar-refractivity contribution in [3.63, 3.8) is 0 Å².